The van der Waals surface area contributed by atoms with Crippen LogP contribution in [0.4, 0.5) is 24.0 Å². The van der Waals surface area contributed by atoms with Crippen LogP contribution in [0.5, 0.6) is 0 Å². The molecule has 1 atom stereocenters. The van der Waals surface area contributed by atoms with Gasteiger partial charge in [-0.3, -0.25) is 4.79 Å². The largest absolute Gasteiger partial charge is 0.405 e. The van der Waals surface area contributed by atoms with Gasteiger partial charge in [-0.05, 0) is 31.5 Å². The number of carbonyl (C=O) groups is 1. The summed E-state index contributed by atoms with van der Waals surface area (Å²) >= 11 is 8.29. The number of halogens is 4. The molecule has 0 fully saturated rings. The lowest BCUT2D eigenvalue weighted by Crippen LogP contribution is -2.37. The Hall–Kier alpha value is -1.52. The molecule has 0 radical (unpaired) electrons. The minimum atomic E-state index is -4.44. The second-order valence-corrected chi connectivity index (χ2v) is 7.98. The lowest BCUT2D eigenvalue weighted by Gasteiger charge is -2.11. The van der Waals surface area contributed by atoms with Gasteiger partial charge in [0, 0.05) is 10.7 Å². The molecule has 1 aromatic heterocycles. The average Bonchev–Trinajstić information content (AvgIpc) is 2.95. The third-order valence-corrected chi connectivity index (χ3v) is 5.46. The molecule has 0 bridgehead atoms. The molecule has 25 heavy (non-hydrogen) atoms. The van der Waals surface area contributed by atoms with Crippen LogP contribution in [0.1, 0.15) is 12.5 Å². The number of nitrogens with zero attached hydrogens (tertiary/aromatic N) is 2. The van der Waals surface area contributed by atoms with Gasteiger partial charge in [-0.2, -0.15) is 13.2 Å². The number of nitrogens with one attached hydrogen (secondary N) is 2. The summed E-state index contributed by atoms with van der Waals surface area (Å²) in [5, 5.41) is 13.2. The number of alkyl halides is 3. The third kappa shape index (κ3) is 6.05. The van der Waals surface area contributed by atoms with Gasteiger partial charge in [-0.15, -0.1) is 10.2 Å². The summed E-state index contributed by atoms with van der Waals surface area (Å²) in [6.07, 6.45) is -4.44. The third-order valence-electron chi connectivity index (χ3n) is 3.03. The van der Waals surface area contributed by atoms with Gasteiger partial charge in [0.2, 0.25) is 11.0 Å². The second kappa shape index (κ2) is 8.24. The zero-order chi connectivity index (χ0) is 18.6. The Morgan fingerprint density at radius 3 is 2.80 bits per heavy atom. The zero-order valence-electron chi connectivity index (χ0n) is 13.1. The standard InChI is InChI=1S/C14H14ClF3N4OS2/c1-7-9(15)4-3-5-10(7)20-12-21-22-13(25-12)24-8(2)11(23)19-6-14(16,17)18/h3-5,8H,6H2,1-2H3,(H,19,23)(H,20,21). The number of carbonyl (C=O) groups excluding carboxylic acids is 1. The van der Waals surface area contributed by atoms with E-state index in [0.29, 0.717) is 14.5 Å². The summed E-state index contributed by atoms with van der Waals surface area (Å²) in [5.74, 6) is -0.710. The van der Waals surface area contributed by atoms with E-state index in [4.69, 9.17) is 11.6 Å². The molecule has 0 saturated carbocycles. The molecule has 0 saturated heterocycles. The normalized spacial score (nSPS) is 12.7. The van der Waals surface area contributed by atoms with Gasteiger partial charge in [0.1, 0.15) is 6.54 Å². The lowest BCUT2D eigenvalue weighted by molar-refractivity contribution is -0.137. The molecule has 2 rings (SSSR count). The summed E-state index contributed by atoms with van der Waals surface area (Å²) in [5.41, 5.74) is 1.63. The summed E-state index contributed by atoms with van der Waals surface area (Å²) in [6, 6.07) is 5.40. The number of hydrogen-bond donors (Lipinski definition) is 2. The van der Waals surface area contributed by atoms with Crippen molar-refractivity contribution in [2.75, 3.05) is 11.9 Å². The van der Waals surface area contributed by atoms with Gasteiger partial charge < -0.3 is 10.6 Å². The van der Waals surface area contributed by atoms with Gasteiger partial charge in [-0.1, -0.05) is 40.8 Å². The molecule has 11 heteroatoms. The maximum atomic E-state index is 12.1. The van der Waals surface area contributed by atoms with Crippen molar-refractivity contribution in [3.05, 3.63) is 28.8 Å². The number of hydrogen-bond acceptors (Lipinski definition) is 6. The molecule has 1 heterocycles. The number of thioether (sulfide) groups is 1. The van der Waals surface area contributed by atoms with Crippen LogP contribution >= 0.6 is 34.7 Å². The van der Waals surface area contributed by atoms with Crippen LogP contribution < -0.4 is 10.6 Å². The minimum Gasteiger partial charge on any atom is -0.346 e. The van der Waals surface area contributed by atoms with E-state index in [1.54, 1.807) is 12.1 Å². The first-order valence-electron chi connectivity index (χ1n) is 7.02. The zero-order valence-corrected chi connectivity index (χ0v) is 15.5. The topological polar surface area (TPSA) is 66.9 Å². The Morgan fingerprint density at radius 1 is 1.40 bits per heavy atom. The first-order chi connectivity index (χ1) is 11.7. The minimum absolute atomic E-state index is 0.469. The van der Waals surface area contributed by atoms with Crippen LogP contribution in [0.3, 0.4) is 0 Å². The maximum absolute atomic E-state index is 12.1. The van der Waals surface area contributed by atoms with Crippen molar-refractivity contribution in [2.24, 2.45) is 0 Å². The number of benzene rings is 1. The molecule has 2 aromatic rings. The van der Waals surface area contributed by atoms with Gasteiger partial charge in [-0.25, -0.2) is 0 Å². The Labute approximate surface area is 155 Å². The molecular formula is C14H14ClF3N4OS2. The number of anilines is 2. The summed E-state index contributed by atoms with van der Waals surface area (Å²) in [4.78, 5) is 11.7. The molecule has 5 nitrogen and oxygen atoms in total. The van der Waals surface area contributed by atoms with E-state index in [1.807, 2.05) is 18.3 Å². The van der Waals surface area contributed by atoms with Crippen molar-refractivity contribution in [3.8, 4) is 0 Å². The van der Waals surface area contributed by atoms with E-state index < -0.39 is 23.9 Å². The van der Waals surface area contributed by atoms with Crippen molar-refractivity contribution in [3.63, 3.8) is 0 Å². The van der Waals surface area contributed by atoms with Gasteiger partial charge >= 0.3 is 6.18 Å². The van der Waals surface area contributed by atoms with E-state index in [-0.39, 0.29) is 0 Å². The molecule has 1 amide bonds. The van der Waals surface area contributed by atoms with Crippen LogP contribution in [-0.4, -0.2) is 34.1 Å². The Morgan fingerprint density at radius 2 is 2.12 bits per heavy atom. The highest BCUT2D eigenvalue weighted by Gasteiger charge is 2.29. The highest BCUT2D eigenvalue weighted by Crippen LogP contribution is 2.32. The van der Waals surface area contributed by atoms with Gasteiger partial charge in [0.25, 0.3) is 0 Å². The monoisotopic (exact) mass is 410 g/mol. The van der Waals surface area contributed by atoms with E-state index >= 15 is 0 Å². The predicted octanol–water partition coefficient (Wildman–Crippen LogP) is 4.40. The highest BCUT2D eigenvalue weighted by atomic mass is 35.5. The summed E-state index contributed by atoms with van der Waals surface area (Å²) < 4.78 is 36.8. The molecule has 136 valence electrons. The van der Waals surface area contributed by atoms with Crippen molar-refractivity contribution >= 4 is 51.4 Å². The first-order valence-corrected chi connectivity index (χ1v) is 9.10. The van der Waals surface area contributed by atoms with Crippen molar-refractivity contribution in [1.82, 2.24) is 15.5 Å². The van der Waals surface area contributed by atoms with Crippen LogP contribution in [0, 0.1) is 6.92 Å². The number of aromatic nitrogens is 2. The van der Waals surface area contributed by atoms with Crippen LogP contribution in [0.2, 0.25) is 5.02 Å². The Bertz CT molecular complexity index is 754. The van der Waals surface area contributed by atoms with E-state index in [9.17, 15) is 18.0 Å². The highest BCUT2D eigenvalue weighted by molar-refractivity contribution is 8.02. The van der Waals surface area contributed by atoms with Crippen LogP contribution in [-0.2, 0) is 4.79 Å². The molecule has 0 aliphatic carbocycles. The molecule has 0 aliphatic heterocycles. The van der Waals surface area contributed by atoms with Gasteiger partial charge in [0.05, 0.1) is 5.25 Å². The average molecular weight is 411 g/mol. The quantitative estimate of drug-likeness (QED) is 0.691. The molecule has 1 aromatic carbocycles. The van der Waals surface area contributed by atoms with Gasteiger partial charge in [0.15, 0.2) is 4.34 Å². The fraction of sp³-hybridized carbons (Fsp3) is 0.357. The Kier molecular flexibility index (Phi) is 6.53. The summed E-state index contributed by atoms with van der Waals surface area (Å²) in [7, 11) is 0. The number of rotatable bonds is 6. The van der Waals surface area contributed by atoms with Crippen LogP contribution in [0.25, 0.3) is 0 Å². The SMILES string of the molecule is Cc1c(Cl)cccc1Nc1nnc(SC(C)C(=O)NCC(F)(F)F)s1. The smallest absolute Gasteiger partial charge is 0.346 e. The van der Waals surface area contributed by atoms with E-state index in [1.165, 1.54) is 18.3 Å². The second-order valence-electron chi connectivity index (χ2n) is 5.00. The molecule has 1 unspecified atom stereocenters. The maximum Gasteiger partial charge on any atom is 0.405 e. The summed E-state index contributed by atoms with van der Waals surface area (Å²) in [6.45, 7) is 2.01. The van der Waals surface area contributed by atoms with E-state index in [2.05, 4.69) is 15.5 Å². The lowest BCUT2D eigenvalue weighted by atomic mass is 10.2. The molecule has 0 aliphatic rings. The Balaban J connectivity index is 1.94. The van der Waals surface area contributed by atoms with E-state index in [0.717, 1.165) is 23.0 Å². The fourth-order valence-corrected chi connectivity index (χ4v) is 3.81. The first kappa shape index (κ1) is 19.8. The predicted molar refractivity (Wildman–Crippen MR) is 93.8 cm³/mol. The fourth-order valence-electron chi connectivity index (χ4n) is 1.70. The van der Waals surface area contributed by atoms with Crippen molar-refractivity contribution < 1.29 is 18.0 Å². The molecule has 2 N–H and O–H groups in total. The van der Waals surface area contributed by atoms with Crippen molar-refractivity contribution in [1.29, 1.82) is 0 Å². The van der Waals surface area contributed by atoms with Crippen molar-refractivity contribution in [2.45, 2.75) is 29.6 Å². The van der Waals surface area contributed by atoms with Crippen LogP contribution in [0.15, 0.2) is 22.5 Å². The molecule has 0 spiro atoms. The number of amides is 1. The molecular weight excluding hydrogens is 397 g/mol.